The summed E-state index contributed by atoms with van der Waals surface area (Å²) < 4.78 is 4.70. The highest BCUT2D eigenvalue weighted by molar-refractivity contribution is 8.02. The monoisotopic (exact) mass is 466 g/mol. The molecule has 0 aromatic carbocycles. The maximum absolute atomic E-state index is 14.0. The number of aliphatic hydroxyl groups is 1. The number of aliphatic hydroxyl groups excluding tert-OH is 1. The number of carbonyl (C=O) groups is 3. The SMILES string of the molecule is C=CCN(C(=O)C1N([C@@H](CO)CC(C)C)C(=O)[C@@H]2[C@H](C(=O)OCC)[C@@H]3CCC12S3)C(C)C. The van der Waals surface area contributed by atoms with Crippen LogP contribution < -0.4 is 0 Å². The number of rotatable bonds is 10. The summed E-state index contributed by atoms with van der Waals surface area (Å²) in [5.74, 6) is -1.51. The molecule has 3 heterocycles. The van der Waals surface area contributed by atoms with Crippen molar-refractivity contribution < 1.29 is 24.2 Å². The maximum atomic E-state index is 14.0. The Kier molecular flexibility index (Phi) is 7.65. The zero-order valence-electron chi connectivity index (χ0n) is 20.0. The predicted octanol–water partition coefficient (Wildman–Crippen LogP) is 2.47. The van der Waals surface area contributed by atoms with Crippen molar-refractivity contribution in [3.63, 3.8) is 0 Å². The molecule has 8 heteroatoms. The highest BCUT2D eigenvalue weighted by Gasteiger charge is 2.74. The van der Waals surface area contributed by atoms with E-state index in [1.807, 2.05) is 27.7 Å². The first-order valence-electron chi connectivity index (χ1n) is 11.8. The van der Waals surface area contributed by atoms with E-state index in [1.54, 1.807) is 34.6 Å². The van der Waals surface area contributed by atoms with Crippen LogP contribution in [0.2, 0.25) is 0 Å². The Hall–Kier alpha value is -1.54. The molecule has 2 amide bonds. The lowest BCUT2D eigenvalue weighted by Crippen LogP contribution is -2.58. The Labute approximate surface area is 195 Å². The number of hydrogen-bond acceptors (Lipinski definition) is 6. The van der Waals surface area contributed by atoms with Gasteiger partial charge in [-0.15, -0.1) is 18.3 Å². The van der Waals surface area contributed by atoms with Gasteiger partial charge in [0.1, 0.15) is 6.04 Å². The number of esters is 1. The first-order chi connectivity index (χ1) is 15.1. The van der Waals surface area contributed by atoms with Crippen LogP contribution in [-0.4, -0.2) is 80.6 Å². The lowest BCUT2D eigenvalue weighted by atomic mass is 9.71. The fraction of sp³-hybridized carbons (Fsp3) is 0.792. The van der Waals surface area contributed by atoms with Gasteiger partial charge in [0.2, 0.25) is 11.8 Å². The Morgan fingerprint density at radius 2 is 2.06 bits per heavy atom. The third-order valence-corrected chi connectivity index (χ3v) is 9.06. The van der Waals surface area contributed by atoms with Crippen molar-refractivity contribution in [1.82, 2.24) is 9.80 Å². The molecule has 3 fully saturated rings. The van der Waals surface area contributed by atoms with Crippen LogP contribution in [0.5, 0.6) is 0 Å². The van der Waals surface area contributed by atoms with Gasteiger partial charge < -0.3 is 19.6 Å². The van der Waals surface area contributed by atoms with Gasteiger partial charge in [-0.2, -0.15) is 0 Å². The van der Waals surface area contributed by atoms with Crippen LogP contribution in [0.25, 0.3) is 0 Å². The van der Waals surface area contributed by atoms with Gasteiger partial charge in [0.15, 0.2) is 0 Å². The average molecular weight is 467 g/mol. The minimum atomic E-state index is -0.701. The highest BCUT2D eigenvalue weighted by Crippen LogP contribution is 2.67. The van der Waals surface area contributed by atoms with E-state index in [1.165, 1.54) is 0 Å². The third-order valence-electron chi connectivity index (χ3n) is 7.11. The molecule has 3 saturated heterocycles. The number of ether oxygens (including phenoxy) is 1. The normalized spacial score (nSPS) is 31.9. The molecule has 0 saturated carbocycles. The zero-order valence-corrected chi connectivity index (χ0v) is 20.8. The van der Waals surface area contributed by atoms with Crippen LogP contribution in [0.15, 0.2) is 12.7 Å². The Bertz CT molecular complexity index is 757. The van der Waals surface area contributed by atoms with Crippen molar-refractivity contribution in [1.29, 1.82) is 0 Å². The summed E-state index contributed by atoms with van der Waals surface area (Å²) in [4.78, 5) is 44.3. The van der Waals surface area contributed by atoms with E-state index in [-0.39, 0.29) is 48.2 Å². The van der Waals surface area contributed by atoms with Gasteiger partial charge in [0.25, 0.3) is 0 Å². The molecule has 180 valence electrons. The van der Waals surface area contributed by atoms with Crippen LogP contribution in [-0.2, 0) is 19.1 Å². The number of nitrogens with zero attached hydrogens (tertiary/aromatic N) is 2. The molecule has 2 bridgehead atoms. The molecule has 3 aliphatic rings. The number of carbonyl (C=O) groups excluding carboxylic acids is 3. The largest absolute Gasteiger partial charge is 0.466 e. The maximum Gasteiger partial charge on any atom is 0.310 e. The molecule has 32 heavy (non-hydrogen) atoms. The van der Waals surface area contributed by atoms with E-state index in [0.717, 1.165) is 6.42 Å². The van der Waals surface area contributed by atoms with Gasteiger partial charge in [-0.25, -0.2) is 0 Å². The van der Waals surface area contributed by atoms with Gasteiger partial charge in [-0.05, 0) is 46.0 Å². The third kappa shape index (κ3) is 3.98. The molecule has 2 unspecified atom stereocenters. The van der Waals surface area contributed by atoms with Crippen LogP contribution in [0, 0.1) is 17.8 Å². The van der Waals surface area contributed by atoms with Crippen LogP contribution in [0.4, 0.5) is 0 Å². The van der Waals surface area contributed by atoms with E-state index in [4.69, 9.17) is 4.74 Å². The molecule has 3 aliphatic heterocycles. The molecule has 0 radical (unpaired) electrons. The summed E-state index contributed by atoms with van der Waals surface area (Å²) in [7, 11) is 0. The summed E-state index contributed by atoms with van der Waals surface area (Å²) in [6, 6.07) is -1.22. The number of fused-ring (bicyclic) bond motifs is 1. The molecular weight excluding hydrogens is 428 g/mol. The van der Waals surface area contributed by atoms with Gasteiger partial charge in [0.05, 0.1) is 35.8 Å². The second-order valence-electron chi connectivity index (χ2n) is 9.89. The van der Waals surface area contributed by atoms with E-state index < -0.39 is 28.7 Å². The Balaban J connectivity index is 2.10. The molecule has 7 nitrogen and oxygen atoms in total. The Morgan fingerprint density at radius 1 is 1.38 bits per heavy atom. The topological polar surface area (TPSA) is 87.2 Å². The standard InChI is InChI=1S/C24H38N2O5S/c1-7-11-25(15(5)6)22(29)20-24-10-9-17(32-24)18(23(30)31-8-2)19(24)21(28)26(20)16(13-27)12-14(3)4/h7,14-20,27H,1,8-13H2,2-6H3/t16-,17+,18-,19+,20?,24?/m1/s1. The van der Waals surface area contributed by atoms with E-state index in [2.05, 4.69) is 6.58 Å². The molecule has 6 atom stereocenters. The smallest absolute Gasteiger partial charge is 0.310 e. The lowest BCUT2D eigenvalue weighted by Gasteiger charge is -2.41. The summed E-state index contributed by atoms with van der Waals surface area (Å²) in [6.07, 6.45) is 3.79. The van der Waals surface area contributed by atoms with Crippen LogP contribution >= 0.6 is 11.8 Å². The number of hydrogen-bond donors (Lipinski definition) is 1. The fourth-order valence-corrected chi connectivity index (χ4v) is 8.13. The summed E-state index contributed by atoms with van der Waals surface area (Å²) in [5.41, 5.74) is 0. The molecule has 0 aromatic heterocycles. The predicted molar refractivity (Wildman–Crippen MR) is 125 cm³/mol. The van der Waals surface area contributed by atoms with Gasteiger partial charge in [-0.3, -0.25) is 14.4 Å². The summed E-state index contributed by atoms with van der Waals surface area (Å²) in [5, 5.41) is 10.3. The van der Waals surface area contributed by atoms with Gasteiger partial charge in [-0.1, -0.05) is 19.9 Å². The van der Waals surface area contributed by atoms with Crippen LogP contribution in [0.3, 0.4) is 0 Å². The van der Waals surface area contributed by atoms with Crippen molar-refractivity contribution in [3.8, 4) is 0 Å². The van der Waals surface area contributed by atoms with Gasteiger partial charge in [0, 0.05) is 17.8 Å². The van der Waals surface area contributed by atoms with E-state index in [9.17, 15) is 19.5 Å². The number of amides is 2. The fourth-order valence-electron chi connectivity index (χ4n) is 5.94. The summed E-state index contributed by atoms with van der Waals surface area (Å²) in [6.45, 7) is 14.0. The van der Waals surface area contributed by atoms with Crippen molar-refractivity contribution >= 4 is 29.5 Å². The molecule has 0 aromatic rings. The van der Waals surface area contributed by atoms with Crippen molar-refractivity contribution in [2.45, 2.75) is 82.0 Å². The van der Waals surface area contributed by atoms with E-state index >= 15 is 0 Å². The second kappa shape index (κ2) is 9.75. The van der Waals surface area contributed by atoms with Crippen molar-refractivity contribution in [3.05, 3.63) is 12.7 Å². The minimum absolute atomic E-state index is 0.00923. The quantitative estimate of drug-likeness (QED) is 0.393. The number of likely N-dealkylation sites (tertiary alicyclic amines) is 1. The first kappa shape index (κ1) is 25.1. The molecular formula is C24H38N2O5S. The number of thioether (sulfide) groups is 1. The molecule has 1 spiro atoms. The molecule has 3 rings (SSSR count). The minimum Gasteiger partial charge on any atom is -0.466 e. The lowest BCUT2D eigenvalue weighted by molar-refractivity contribution is -0.154. The van der Waals surface area contributed by atoms with Gasteiger partial charge >= 0.3 is 5.97 Å². The summed E-state index contributed by atoms with van der Waals surface area (Å²) >= 11 is 1.63. The Morgan fingerprint density at radius 3 is 2.59 bits per heavy atom. The van der Waals surface area contributed by atoms with Crippen molar-refractivity contribution in [2.75, 3.05) is 19.8 Å². The van der Waals surface area contributed by atoms with Crippen LogP contribution in [0.1, 0.15) is 53.9 Å². The van der Waals surface area contributed by atoms with Crippen molar-refractivity contribution in [2.24, 2.45) is 17.8 Å². The second-order valence-corrected chi connectivity index (χ2v) is 11.5. The first-order valence-corrected chi connectivity index (χ1v) is 12.7. The zero-order chi connectivity index (χ0) is 23.8. The average Bonchev–Trinajstić information content (AvgIpc) is 3.37. The van der Waals surface area contributed by atoms with E-state index in [0.29, 0.717) is 19.4 Å². The highest BCUT2D eigenvalue weighted by atomic mass is 32.2. The molecule has 0 aliphatic carbocycles. The molecule has 1 N–H and O–H groups in total.